The number of rotatable bonds is 7. The van der Waals surface area contributed by atoms with Crippen LogP contribution >= 0.6 is 0 Å². The molecule has 0 radical (unpaired) electrons. The number of esters is 1. The maximum atomic E-state index is 12.0. The Morgan fingerprint density at radius 2 is 2.09 bits per heavy atom. The van der Waals surface area contributed by atoms with Gasteiger partial charge in [0, 0.05) is 26.5 Å². The summed E-state index contributed by atoms with van der Waals surface area (Å²) in [5, 5.41) is 4.02. The third-order valence-electron chi connectivity index (χ3n) is 3.04. The van der Waals surface area contributed by atoms with Gasteiger partial charge in [-0.1, -0.05) is 6.07 Å². The summed E-state index contributed by atoms with van der Waals surface area (Å²) in [7, 11) is 3.30. The highest BCUT2D eigenvalue weighted by atomic mass is 16.5. The second-order valence-electron chi connectivity index (χ2n) is 5.01. The second kappa shape index (κ2) is 7.98. The maximum absolute atomic E-state index is 12.0. The first-order chi connectivity index (χ1) is 11.1. The molecule has 0 spiro atoms. The number of benzene rings is 1. The van der Waals surface area contributed by atoms with Crippen molar-refractivity contribution < 1.29 is 19.1 Å². The predicted octanol–water partition coefficient (Wildman–Crippen LogP) is 1.21. The molecule has 1 heterocycles. The average molecular weight is 317 g/mol. The zero-order chi connectivity index (χ0) is 16.7. The number of nitrogens with zero attached hydrogens (tertiary/aromatic N) is 3. The number of carbonyl (C=O) groups excluding carboxylic acids is 2. The Morgan fingerprint density at radius 1 is 1.26 bits per heavy atom. The first-order valence-corrected chi connectivity index (χ1v) is 7.14. The van der Waals surface area contributed by atoms with E-state index in [9.17, 15) is 9.59 Å². The van der Waals surface area contributed by atoms with Crippen molar-refractivity contribution in [3.05, 3.63) is 48.3 Å². The van der Waals surface area contributed by atoms with Gasteiger partial charge in [0.25, 0.3) is 5.91 Å². The van der Waals surface area contributed by atoms with Crippen LogP contribution in [0.3, 0.4) is 0 Å². The van der Waals surface area contributed by atoms with Crippen LogP contribution in [0.25, 0.3) is 0 Å². The first kappa shape index (κ1) is 16.5. The molecule has 0 N–H and O–H groups in total. The van der Waals surface area contributed by atoms with Crippen LogP contribution in [0.2, 0.25) is 0 Å². The van der Waals surface area contributed by atoms with E-state index in [2.05, 4.69) is 5.10 Å². The molecule has 0 aliphatic carbocycles. The molecule has 23 heavy (non-hydrogen) atoms. The van der Waals surface area contributed by atoms with Gasteiger partial charge in [0.15, 0.2) is 6.61 Å². The van der Waals surface area contributed by atoms with E-state index in [0.717, 1.165) is 0 Å². The lowest BCUT2D eigenvalue weighted by Gasteiger charge is -2.12. The maximum Gasteiger partial charge on any atom is 0.338 e. The summed E-state index contributed by atoms with van der Waals surface area (Å²) in [5.74, 6) is -0.152. The lowest BCUT2D eigenvalue weighted by Crippen LogP contribution is -2.27. The highest BCUT2D eigenvalue weighted by Gasteiger charge is 2.10. The van der Waals surface area contributed by atoms with Crippen molar-refractivity contribution in [2.45, 2.75) is 6.54 Å². The van der Waals surface area contributed by atoms with E-state index in [0.29, 0.717) is 17.9 Å². The molecule has 0 aliphatic heterocycles. The molecular formula is C16H19N3O4. The van der Waals surface area contributed by atoms with Crippen molar-refractivity contribution in [3.63, 3.8) is 0 Å². The topological polar surface area (TPSA) is 73.7 Å². The van der Waals surface area contributed by atoms with Crippen molar-refractivity contribution in [3.8, 4) is 5.75 Å². The number of hydrogen-bond acceptors (Lipinski definition) is 5. The van der Waals surface area contributed by atoms with E-state index < -0.39 is 5.97 Å². The summed E-state index contributed by atoms with van der Waals surface area (Å²) in [6, 6.07) is 8.36. The van der Waals surface area contributed by atoms with Crippen molar-refractivity contribution in [2.75, 3.05) is 27.3 Å². The SMILES string of the molecule is CN(C)C(=O)COc1cccc(C(=O)OCCn2cccn2)c1. The molecule has 1 aromatic heterocycles. The van der Waals surface area contributed by atoms with Gasteiger partial charge in [-0.05, 0) is 24.3 Å². The Hall–Kier alpha value is -2.83. The summed E-state index contributed by atoms with van der Waals surface area (Å²) < 4.78 is 12.2. The summed E-state index contributed by atoms with van der Waals surface area (Å²) in [6.45, 7) is 0.641. The van der Waals surface area contributed by atoms with E-state index >= 15 is 0 Å². The number of hydrogen-bond donors (Lipinski definition) is 0. The molecule has 0 saturated carbocycles. The standard InChI is InChI=1S/C16H19N3O4/c1-18(2)15(20)12-23-14-6-3-5-13(11-14)16(21)22-10-9-19-8-4-7-17-19/h3-8,11H,9-10,12H2,1-2H3. The Bertz CT molecular complexity index is 653. The first-order valence-electron chi connectivity index (χ1n) is 7.14. The zero-order valence-electron chi connectivity index (χ0n) is 13.1. The van der Waals surface area contributed by atoms with Crippen molar-refractivity contribution in [1.82, 2.24) is 14.7 Å². The molecule has 2 aromatic rings. The summed E-state index contributed by atoms with van der Waals surface area (Å²) in [6.07, 6.45) is 3.46. The summed E-state index contributed by atoms with van der Waals surface area (Å²) in [5.41, 5.74) is 0.375. The third-order valence-corrected chi connectivity index (χ3v) is 3.04. The Morgan fingerprint density at radius 3 is 2.78 bits per heavy atom. The number of amides is 1. The largest absolute Gasteiger partial charge is 0.484 e. The third kappa shape index (κ3) is 5.14. The van der Waals surface area contributed by atoms with Crippen LogP contribution in [-0.2, 0) is 16.1 Å². The molecule has 0 saturated heterocycles. The zero-order valence-corrected chi connectivity index (χ0v) is 13.1. The Kier molecular flexibility index (Phi) is 5.74. The van der Waals surface area contributed by atoms with Crippen molar-refractivity contribution in [1.29, 1.82) is 0 Å². The lowest BCUT2D eigenvalue weighted by atomic mass is 10.2. The van der Waals surface area contributed by atoms with Crippen LogP contribution in [0, 0.1) is 0 Å². The van der Waals surface area contributed by atoms with Crippen LogP contribution < -0.4 is 4.74 Å². The van der Waals surface area contributed by atoms with E-state index in [1.165, 1.54) is 4.90 Å². The lowest BCUT2D eigenvalue weighted by molar-refractivity contribution is -0.130. The smallest absolute Gasteiger partial charge is 0.338 e. The van der Waals surface area contributed by atoms with Gasteiger partial charge in [-0.3, -0.25) is 9.48 Å². The minimum absolute atomic E-state index is 0.0786. The highest BCUT2D eigenvalue weighted by Crippen LogP contribution is 2.14. The van der Waals surface area contributed by atoms with Crippen LogP contribution in [-0.4, -0.2) is 53.9 Å². The van der Waals surface area contributed by atoms with Crippen LogP contribution in [0.5, 0.6) is 5.75 Å². The van der Waals surface area contributed by atoms with Gasteiger partial charge < -0.3 is 14.4 Å². The molecule has 0 atom stereocenters. The quantitative estimate of drug-likeness (QED) is 0.718. The summed E-state index contributed by atoms with van der Waals surface area (Å²) >= 11 is 0. The molecule has 0 unspecified atom stereocenters. The van der Waals surface area contributed by atoms with Crippen molar-refractivity contribution in [2.24, 2.45) is 0 Å². The minimum Gasteiger partial charge on any atom is -0.484 e. The van der Waals surface area contributed by atoms with Gasteiger partial charge in [-0.2, -0.15) is 5.10 Å². The fraction of sp³-hybridized carbons (Fsp3) is 0.312. The van der Waals surface area contributed by atoms with E-state index in [1.807, 2.05) is 0 Å². The molecule has 1 aromatic carbocycles. The van der Waals surface area contributed by atoms with Gasteiger partial charge in [0.1, 0.15) is 12.4 Å². The number of likely N-dealkylation sites (N-methyl/N-ethyl adjacent to an activating group) is 1. The molecule has 0 bridgehead atoms. The van der Waals surface area contributed by atoms with Crippen LogP contribution in [0.15, 0.2) is 42.7 Å². The van der Waals surface area contributed by atoms with Gasteiger partial charge >= 0.3 is 5.97 Å². The molecule has 122 valence electrons. The normalized spacial score (nSPS) is 10.2. The Labute approximate surface area is 134 Å². The second-order valence-corrected chi connectivity index (χ2v) is 5.01. The van der Waals surface area contributed by atoms with E-state index in [4.69, 9.17) is 9.47 Å². The molecule has 1 amide bonds. The molecule has 7 heteroatoms. The van der Waals surface area contributed by atoms with Gasteiger partial charge in [-0.15, -0.1) is 0 Å². The average Bonchev–Trinajstić information content (AvgIpc) is 3.06. The van der Waals surface area contributed by atoms with Gasteiger partial charge in [0.05, 0.1) is 12.1 Å². The molecule has 0 aliphatic rings. The monoisotopic (exact) mass is 317 g/mol. The molecule has 0 fully saturated rings. The van der Waals surface area contributed by atoms with Crippen LogP contribution in [0.4, 0.5) is 0 Å². The Balaban J connectivity index is 1.85. The molecular weight excluding hydrogens is 298 g/mol. The predicted molar refractivity (Wildman–Crippen MR) is 83.1 cm³/mol. The number of ether oxygens (including phenoxy) is 2. The van der Waals surface area contributed by atoms with Gasteiger partial charge in [-0.25, -0.2) is 4.79 Å². The van der Waals surface area contributed by atoms with E-state index in [1.54, 1.807) is 61.5 Å². The molecule has 2 rings (SSSR count). The van der Waals surface area contributed by atoms with Crippen LogP contribution in [0.1, 0.15) is 10.4 Å². The number of carbonyl (C=O) groups is 2. The summed E-state index contributed by atoms with van der Waals surface area (Å²) in [4.78, 5) is 24.9. The number of aromatic nitrogens is 2. The molecule has 7 nitrogen and oxygen atoms in total. The van der Waals surface area contributed by atoms with Gasteiger partial charge in [0.2, 0.25) is 0 Å². The van der Waals surface area contributed by atoms with Crippen molar-refractivity contribution >= 4 is 11.9 Å². The minimum atomic E-state index is -0.443. The van der Waals surface area contributed by atoms with E-state index in [-0.39, 0.29) is 19.1 Å². The highest BCUT2D eigenvalue weighted by molar-refractivity contribution is 5.89. The fourth-order valence-corrected chi connectivity index (χ4v) is 1.73. The fourth-order valence-electron chi connectivity index (χ4n) is 1.73.